The van der Waals surface area contributed by atoms with Crippen LogP contribution in [-0.2, 0) is 14.3 Å². The summed E-state index contributed by atoms with van der Waals surface area (Å²) in [5.41, 5.74) is 1.48. The van der Waals surface area contributed by atoms with Crippen molar-refractivity contribution in [1.82, 2.24) is 4.90 Å². The lowest BCUT2D eigenvalue weighted by molar-refractivity contribution is -0.129. The molecule has 1 N–H and O–H groups in total. The number of hydrogen-bond acceptors (Lipinski definition) is 6. The molecule has 1 fully saturated rings. The Hall–Kier alpha value is -3.10. The van der Waals surface area contributed by atoms with Crippen molar-refractivity contribution in [3.05, 3.63) is 71.8 Å². The van der Waals surface area contributed by atoms with Gasteiger partial charge >= 0.3 is 5.97 Å². The van der Waals surface area contributed by atoms with Crippen LogP contribution < -0.4 is 5.32 Å². The van der Waals surface area contributed by atoms with E-state index in [1.165, 1.54) is 16.7 Å². The summed E-state index contributed by atoms with van der Waals surface area (Å²) in [5, 5.41) is 3.06. The van der Waals surface area contributed by atoms with Gasteiger partial charge in [0.2, 0.25) is 11.8 Å². The molecular weight excluding hydrogens is 450 g/mol. The maximum absolute atomic E-state index is 12.9. The van der Waals surface area contributed by atoms with Crippen LogP contribution in [0.2, 0.25) is 5.02 Å². The molecule has 2 aromatic rings. The molecule has 0 bridgehead atoms. The van der Waals surface area contributed by atoms with E-state index in [1.54, 1.807) is 61.5 Å². The molecule has 0 saturated carbocycles. The minimum absolute atomic E-state index is 0.0276. The zero-order valence-electron chi connectivity index (χ0n) is 17.4. The van der Waals surface area contributed by atoms with E-state index in [0.717, 1.165) is 0 Å². The van der Waals surface area contributed by atoms with Gasteiger partial charge in [-0.05, 0) is 49.4 Å². The number of carbonyl (C=O) groups excluding carboxylic acids is 3. The zero-order valence-corrected chi connectivity index (χ0v) is 19.0. The Labute approximate surface area is 195 Å². The molecule has 1 saturated heterocycles. The minimum atomic E-state index is -0.661. The number of ether oxygens (including phenoxy) is 1. The summed E-state index contributed by atoms with van der Waals surface area (Å²) in [6.07, 6.45) is 1.64. The maximum Gasteiger partial charge on any atom is 0.338 e. The molecule has 2 aromatic carbocycles. The number of carbonyl (C=O) groups is 3. The highest BCUT2D eigenvalue weighted by Crippen LogP contribution is 2.30. The Kier molecular flexibility index (Phi) is 8.08. The Morgan fingerprint density at radius 3 is 2.72 bits per heavy atom. The van der Waals surface area contributed by atoms with Crippen LogP contribution in [0.5, 0.6) is 0 Å². The monoisotopic (exact) mass is 471 g/mol. The SMILES string of the molecule is C=CCN1C(=O)C[C@H](C(=O)Nc2ccc(C(=O)OCC)cc2)SC1=Nc1cccc(Cl)c1. The Balaban J connectivity index is 1.76. The number of thioether (sulfide) groups is 1. The fourth-order valence-electron chi connectivity index (χ4n) is 2.93. The van der Waals surface area contributed by atoms with Gasteiger partial charge in [-0.25, -0.2) is 9.79 Å². The average Bonchev–Trinajstić information content (AvgIpc) is 2.76. The van der Waals surface area contributed by atoms with Gasteiger partial charge in [0.15, 0.2) is 5.17 Å². The first-order valence-corrected chi connectivity index (χ1v) is 11.2. The summed E-state index contributed by atoms with van der Waals surface area (Å²) >= 11 is 7.24. The molecule has 0 spiro atoms. The number of anilines is 1. The second kappa shape index (κ2) is 11.0. The van der Waals surface area contributed by atoms with Crippen LogP contribution in [0.15, 0.2) is 66.2 Å². The molecule has 0 aromatic heterocycles. The molecule has 1 aliphatic heterocycles. The number of nitrogens with one attached hydrogen (secondary N) is 1. The van der Waals surface area contributed by atoms with Gasteiger partial charge in [-0.15, -0.1) is 6.58 Å². The summed E-state index contributed by atoms with van der Waals surface area (Å²) in [6, 6.07) is 13.3. The zero-order chi connectivity index (χ0) is 23.1. The Bertz CT molecular complexity index is 1060. The highest BCUT2D eigenvalue weighted by Gasteiger charge is 2.35. The van der Waals surface area contributed by atoms with E-state index in [4.69, 9.17) is 16.3 Å². The quantitative estimate of drug-likeness (QED) is 0.468. The molecule has 0 radical (unpaired) electrons. The standard InChI is InChI=1S/C23H22ClN3O4S/c1-3-12-27-20(28)14-19(32-23(27)26-18-7-5-6-16(24)13-18)21(29)25-17-10-8-15(9-11-17)22(30)31-4-2/h3,5-11,13,19H,1,4,12,14H2,2H3,(H,25,29)/t19-/m1/s1. The van der Waals surface area contributed by atoms with Gasteiger partial charge in [-0.3, -0.25) is 14.5 Å². The van der Waals surface area contributed by atoms with Gasteiger partial charge in [0.25, 0.3) is 0 Å². The third kappa shape index (κ3) is 5.99. The number of aliphatic imine (C=N–C) groups is 1. The molecule has 32 heavy (non-hydrogen) atoms. The molecule has 0 aliphatic carbocycles. The fourth-order valence-corrected chi connectivity index (χ4v) is 4.23. The molecule has 1 heterocycles. The van der Waals surface area contributed by atoms with Crippen molar-refractivity contribution in [3.8, 4) is 0 Å². The second-order valence-corrected chi connectivity index (χ2v) is 8.37. The van der Waals surface area contributed by atoms with Gasteiger partial charge in [-0.2, -0.15) is 0 Å². The lowest BCUT2D eigenvalue weighted by Gasteiger charge is -2.31. The van der Waals surface area contributed by atoms with Crippen LogP contribution in [0.4, 0.5) is 11.4 Å². The molecule has 0 unspecified atom stereocenters. The molecule has 166 valence electrons. The first-order chi connectivity index (χ1) is 15.4. The van der Waals surface area contributed by atoms with Crippen molar-refractivity contribution in [1.29, 1.82) is 0 Å². The molecule has 7 nitrogen and oxygen atoms in total. The predicted molar refractivity (Wildman–Crippen MR) is 127 cm³/mol. The number of halogens is 1. The molecule has 1 aliphatic rings. The minimum Gasteiger partial charge on any atom is -0.462 e. The van der Waals surface area contributed by atoms with E-state index in [0.29, 0.717) is 27.1 Å². The summed E-state index contributed by atoms with van der Waals surface area (Å²) in [5.74, 6) is -0.977. The molecule has 1 atom stereocenters. The number of esters is 1. The van der Waals surface area contributed by atoms with Crippen LogP contribution in [0.25, 0.3) is 0 Å². The predicted octanol–water partition coefficient (Wildman–Crippen LogP) is 4.66. The number of amidine groups is 1. The topological polar surface area (TPSA) is 88.1 Å². The molecule has 9 heteroatoms. The van der Waals surface area contributed by atoms with E-state index in [2.05, 4.69) is 16.9 Å². The first-order valence-electron chi connectivity index (χ1n) is 9.91. The first kappa shape index (κ1) is 23.6. The Morgan fingerprint density at radius 2 is 2.06 bits per heavy atom. The van der Waals surface area contributed by atoms with E-state index in [9.17, 15) is 14.4 Å². The average molecular weight is 472 g/mol. The number of hydrogen-bond donors (Lipinski definition) is 1. The maximum atomic E-state index is 12.9. The van der Waals surface area contributed by atoms with E-state index in [1.807, 2.05) is 0 Å². The Morgan fingerprint density at radius 1 is 1.31 bits per heavy atom. The summed E-state index contributed by atoms with van der Waals surface area (Å²) in [4.78, 5) is 43.4. The van der Waals surface area contributed by atoms with Gasteiger partial charge in [0.1, 0.15) is 5.25 Å². The summed E-state index contributed by atoms with van der Waals surface area (Å²) in [7, 11) is 0. The van der Waals surface area contributed by atoms with Gasteiger partial charge in [-0.1, -0.05) is 35.5 Å². The third-order valence-corrected chi connectivity index (χ3v) is 5.86. The van der Waals surface area contributed by atoms with Crippen LogP contribution in [0.1, 0.15) is 23.7 Å². The highest BCUT2D eigenvalue weighted by molar-refractivity contribution is 8.15. The van der Waals surface area contributed by atoms with Crippen molar-refractivity contribution < 1.29 is 19.1 Å². The van der Waals surface area contributed by atoms with E-state index >= 15 is 0 Å². The van der Waals surface area contributed by atoms with Crippen LogP contribution >= 0.6 is 23.4 Å². The van der Waals surface area contributed by atoms with E-state index < -0.39 is 11.2 Å². The van der Waals surface area contributed by atoms with Crippen molar-refractivity contribution in [3.63, 3.8) is 0 Å². The number of benzene rings is 2. The van der Waals surface area contributed by atoms with Crippen LogP contribution in [0.3, 0.4) is 0 Å². The number of rotatable bonds is 7. The molecule has 2 amide bonds. The van der Waals surface area contributed by atoms with Crippen LogP contribution in [-0.4, -0.2) is 46.3 Å². The molecule has 3 rings (SSSR count). The number of nitrogens with zero attached hydrogens (tertiary/aromatic N) is 2. The number of amides is 2. The lowest BCUT2D eigenvalue weighted by atomic mass is 10.2. The van der Waals surface area contributed by atoms with Gasteiger partial charge in [0, 0.05) is 23.7 Å². The molecular formula is C23H22ClN3O4S. The third-order valence-electron chi connectivity index (χ3n) is 4.44. The van der Waals surface area contributed by atoms with Crippen molar-refractivity contribution in [2.24, 2.45) is 4.99 Å². The second-order valence-electron chi connectivity index (χ2n) is 6.76. The normalized spacial score (nSPS) is 17.2. The van der Waals surface area contributed by atoms with Crippen molar-refractivity contribution in [2.45, 2.75) is 18.6 Å². The van der Waals surface area contributed by atoms with Gasteiger partial charge < -0.3 is 10.1 Å². The van der Waals surface area contributed by atoms with Crippen molar-refractivity contribution >= 4 is 57.7 Å². The van der Waals surface area contributed by atoms with Crippen molar-refractivity contribution in [2.75, 3.05) is 18.5 Å². The summed E-state index contributed by atoms with van der Waals surface area (Å²) < 4.78 is 4.95. The smallest absolute Gasteiger partial charge is 0.338 e. The highest BCUT2D eigenvalue weighted by atomic mass is 35.5. The fraction of sp³-hybridized carbons (Fsp3) is 0.217. The largest absolute Gasteiger partial charge is 0.462 e. The van der Waals surface area contributed by atoms with E-state index in [-0.39, 0.29) is 31.4 Å². The van der Waals surface area contributed by atoms with Crippen LogP contribution in [0, 0.1) is 0 Å². The lowest BCUT2D eigenvalue weighted by Crippen LogP contribution is -2.45. The van der Waals surface area contributed by atoms with Gasteiger partial charge in [0.05, 0.1) is 17.9 Å². The summed E-state index contributed by atoms with van der Waals surface area (Å²) in [6.45, 7) is 6.00.